The lowest BCUT2D eigenvalue weighted by Crippen LogP contribution is -2.45. The molecule has 0 aliphatic heterocycles. The number of nitrogens with one attached hydrogen (secondary N) is 1. The molecular formula is C20H21FN2O. The number of amides is 1. The van der Waals surface area contributed by atoms with E-state index in [2.05, 4.69) is 10.3 Å². The standard InChI is InChI=1S/C20H21FN2O/c21-14-3-4-17-15(9-14)16(10-18(22-17)13-1-2-13)19(24)23-20-7-5-12(11-20)6-8-20/h3-4,9-10,12-13H,1-2,5-8,11H2,(H,23,24). The highest BCUT2D eigenvalue weighted by Crippen LogP contribution is 2.48. The van der Waals surface area contributed by atoms with Crippen molar-refractivity contribution in [3.05, 3.63) is 41.3 Å². The van der Waals surface area contributed by atoms with Crippen molar-refractivity contribution in [1.82, 2.24) is 10.3 Å². The Bertz CT molecular complexity index is 835. The molecule has 0 unspecified atom stereocenters. The molecule has 1 aromatic heterocycles. The van der Waals surface area contributed by atoms with Crippen LogP contribution in [-0.2, 0) is 0 Å². The maximum Gasteiger partial charge on any atom is 0.252 e. The summed E-state index contributed by atoms with van der Waals surface area (Å²) in [6.07, 6.45) is 7.97. The lowest BCUT2D eigenvalue weighted by atomic mass is 9.93. The topological polar surface area (TPSA) is 42.0 Å². The second kappa shape index (κ2) is 5.01. The summed E-state index contributed by atoms with van der Waals surface area (Å²) in [5.74, 6) is 0.861. The average molecular weight is 324 g/mol. The molecule has 4 heteroatoms. The van der Waals surface area contributed by atoms with Crippen molar-refractivity contribution in [2.45, 2.75) is 56.4 Å². The van der Waals surface area contributed by atoms with Gasteiger partial charge in [0.1, 0.15) is 5.82 Å². The van der Waals surface area contributed by atoms with Crippen LogP contribution in [-0.4, -0.2) is 16.4 Å². The van der Waals surface area contributed by atoms with E-state index < -0.39 is 0 Å². The minimum atomic E-state index is -0.322. The fraction of sp³-hybridized carbons (Fsp3) is 0.500. The Hall–Kier alpha value is -1.97. The molecule has 0 radical (unpaired) electrons. The van der Waals surface area contributed by atoms with Gasteiger partial charge in [-0.25, -0.2) is 4.39 Å². The molecule has 3 aliphatic rings. The molecule has 2 bridgehead atoms. The zero-order valence-electron chi connectivity index (χ0n) is 13.6. The molecule has 1 aromatic carbocycles. The second-order valence-electron chi connectivity index (χ2n) is 7.91. The van der Waals surface area contributed by atoms with E-state index in [1.165, 1.54) is 25.0 Å². The van der Waals surface area contributed by atoms with Gasteiger partial charge in [0.05, 0.1) is 11.1 Å². The second-order valence-corrected chi connectivity index (χ2v) is 7.91. The van der Waals surface area contributed by atoms with E-state index >= 15 is 0 Å². The van der Waals surface area contributed by atoms with Gasteiger partial charge in [-0.05, 0) is 75.1 Å². The van der Waals surface area contributed by atoms with Crippen molar-refractivity contribution in [1.29, 1.82) is 0 Å². The third-order valence-corrected chi connectivity index (χ3v) is 6.15. The van der Waals surface area contributed by atoms with E-state index in [0.717, 1.165) is 49.2 Å². The SMILES string of the molecule is O=C(NC12CCC(CC1)C2)c1cc(C2CC2)nc2ccc(F)cc12. The highest BCUT2D eigenvalue weighted by Gasteiger charge is 2.45. The summed E-state index contributed by atoms with van der Waals surface area (Å²) in [6.45, 7) is 0. The van der Waals surface area contributed by atoms with Crippen LogP contribution in [0, 0.1) is 11.7 Å². The van der Waals surface area contributed by atoms with Gasteiger partial charge in [-0.2, -0.15) is 0 Å². The fourth-order valence-electron chi connectivity index (χ4n) is 4.67. The number of hydrogen-bond acceptors (Lipinski definition) is 2. The van der Waals surface area contributed by atoms with Gasteiger partial charge in [0, 0.05) is 22.5 Å². The molecule has 1 amide bonds. The lowest BCUT2D eigenvalue weighted by Gasteiger charge is -2.28. The summed E-state index contributed by atoms with van der Waals surface area (Å²) in [5.41, 5.74) is 2.27. The van der Waals surface area contributed by atoms with Crippen LogP contribution < -0.4 is 5.32 Å². The number of rotatable bonds is 3. The molecule has 3 nitrogen and oxygen atoms in total. The Morgan fingerprint density at radius 3 is 2.62 bits per heavy atom. The van der Waals surface area contributed by atoms with Crippen molar-refractivity contribution in [2.75, 3.05) is 0 Å². The molecule has 3 saturated carbocycles. The molecule has 2 aromatic rings. The zero-order valence-corrected chi connectivity index (χ0v) is 13.6. The number of hydrogen-bond donors (Lipinski definition) is 1. The van der Waals surface area contributed by atoms with Crippen LogP contribution in [0.3, 0.4) is 0 Å². The predicted molar refractivity (Wildman–Crippen MR) is 90.4 cm³/mol. The van der Waals surface area contributed by atoms with E-state index in [9.17, 15) is 9.18 Å². The molecular weight excluding hydrogens is 303 g/mol. The van der Waals surface area contributed by atoms with E-state index in [-0.39, 0.29) is 17.3 Å². The molecule has 124 valence electrons. The molecule has 0 atom stereocenters. The number of halogens is 1. The largest absolute Gasteiger partial charge is 0.347 e. The summed E-state index contributed by atoms with van der Waals surface area (Å²) in [5, 5.41) is 3.93. The van der Waals surface area contributed by atoms with Crippen LogP contribution in [0.2, 0.25) is 0 Å². The maximum absolute atomic E-state index is 13.7. The van der Waals surface area contributed by atoms with E-state index in [1.54, 1.807) is 6.07 Å². The van der Waals surface area contributed by atoms with Crippen LogP contribution in [0.15, 0.2) is 24.3 Å². The smallest absolute Gasteiger partial charge is 0.252 e. The van der Waals surface area contributed by atoms with Gasteiger partial charge in [0.15, 0.2) is 0 Å². The Morgan fingerprint density at radius 1 is 1.17 bits per heavy atom. The number of aromatic nitrogens is 1. The molecule has 1 N–H and O–H groups in total. The van der Waals surface area contributed by atoms with E-state index in [4.69, 9.17) is 0 Å². The molecule has 5 rings (SSSR count). The zero-order chi connectivity index (χ0) is 16.3. The highest BCUT2D eigenvalue weighted by atomic mass is 19.1. The van der Waals surface area contributed by atoms with Crippen molar-refractivity contribution in [2.24, 2.45) is 5.92 Å². The molecule has 0 spiro atoms. The Morgan fingerprint density at radius 2 is 1.96 bits per heavy atom. The van der Waals surface area contributed by atoms with Gasteiger partial charge in [-0.1, -0.05) is 0 Å². The van der Waals surface area contributed by atoms with Crippen LogP contribution in [0.4, 0.5) is 4.39 Å². The minimum absolute atomic E-state index is 0.0234. The van der Waals surface area contributed by atoms with Crippen LogP contribution >= 0.6 is 0 Å². The molecule has 3 aliphatic carbocycles. The van der Waals surface area contributed by atoms with Crippen molar-refractivity contribution in [3.8, 4) is 0 Å². The normalized spacial score (nSPS) is 28.5. The number of pyridine rings is 1. The highest BCUT2D eigenvalue weighted by molar-refractivity contribution is 6.06. The Kier molecular flexibility index (Phi) is 3.00. The van der Waals surface area contributed by atoms with Crippen LogP contribution in [0.25, 0.3) is 10.9 Å². The monoisotopic (exact) mass is 324 g/mol. The summed E-state index contributed by atoms with van der Waals surface area (Å²) >= 11 is 0. The van der Waals surface area contributed by atoms with Gasteiger partial charge in [-0.15, -0.1) is 0 Å². The Balaban J connectivity index is 1.56. The summed E-state index contributed by atoms with van der Waals surface area (Å²) < 4.78 is 13.7. The molecule has 1 heterocycles. The van der Waals surface area contributed by atoms with E-state index in [1.807, 2.05) is 6.07 Å². The quantitative estimate of drug-likeness (QED) is 0.914. The first kappa shape index (κ1) is 14.4. The van der Waals surface area contributed by atoms with E-state index in [0.29, 0.717) is 16.9 Å². The van der Waals surface area contributed by atoms with Crippen molar-refractivity contribution < 1.29 is 9.18 Å². The summed E-state index contributed by atoms with van der Waals surface area (Å²) in [4.78, 5) is 17.7. The number of carbonyl (C=O) groups is 1. The van der Waals surface area contributed by atoms with Gasteiger partial charge in [0.2, 0.25) is 0 Å². The van der Waals surface area contributed by atoms with Gasteiger partial charge in [0.25, 0.3) is 5.91 Å². The first-order valence-electron chi connectivity index (χ1n) is 9.05. The molecule has 24 heavy (non-hydrogen) atoms. The minimum Gasteiger partial charge on any atom is -0.347 e. The van der Waals surface area contributed by atoms with Gasteiger partial charge >= 0.3 is 0 Å². The first-order valence-corrected chi connectivity index (χ1v) is 9.05. The summed E-state index contributed by atoms with van der Waals surface area (Å²) in [7, 11) is 0. The third-order valence-electron chi connectivity index (χ3n) is 6.15. The fourth-order valence-corrected chi connectivity index (χ4v) is 4.67. The average Bonchev–Trinajstić information content (AvgIpc) is 3.26. The number of benzene rings is 1. The van der Waals surface area contributed by atoms with Crippen molar-refractivity contribution >= 4 is 16.8 Å². The van der Waals surface area contributed by atoms with Crippen LogP contribution in [0.5, 0.6) is 0 Å². The van der Waals surface area contributed by atoms with Crippen LogP contribution in [0.1, 0.15) is 66.9 Å². The Labute approximate surface area is 140 Å². The maximum atomic E-state index is 13.7. The number of carbonyl (C=O) groups excluding carboxylic acids is 1. The third kappa shape index (κ3) is 2.31. The van der Waals surface area contributed by atoms with Gasteiger partial charge < -0.3 is 5.32 Å². The number of fused-ring (bicyclic) bond motifs is 3. The molecule has 3 fully saturated rings. The van der Waals surface area contributed by atoms with Crippen molar-refractivity contribution in [3.63, 3.8) is 0 Å². The number of nitrogens with zero attached hydrogens (tertiary/aromatic N) is 1. The van der Waals surface area contributed by atoms with Gasteiger partial charge in [-0.3, -0.25) is 9.78 Å². The predicted octanol–water partition coefficient (Wildman–Crippen LogP) is 4.31. The lowest BCUT2D eigenvalue weighted by molar-refractivity contribution is 0.0902. The first-order chi connectivity index (χ1) is 11.6. The molecule has 0 saturated heterocycles. The summed E-state index contributed by atoms with van der Waals surface area (Å²) in [6, 6.07) is 6.45.